The molecule has 0 radical (unpaired) electrons. The Morgan fingerprint density at radius 3 is 2.47 bits per heavy atom. The molecule has 1 unspecified atom stereocenters. The number of ether oxygens (including phenoxy) is 4. The Balaban J connectivity index is 1.97. The summed E-state index contributed by atoms with van der Waals surface area (Å²) >= 11 is 1.26. The van der Waals surface area contributed by atoms with Crippen LogP contribution in [-0.4, -0.2) is 39.0 Å². The highest BCUT2D eigenvalue weighted by Gasteiger charge is 2.33. The molecular formula is C25H24N2O6S. The maximum absolute atomic E-state index is 13.6. The number of esters is 1. The average molecular weight is 481 g/mol. The van der Waals surface area contributed by atoms with E-state index in [-0.39, 0.29) is 11.1 Å². The Kier molecular flexibility index (Phi) is 6.56. The molecule has 0 N–H and O–H groups in total. The number of carbonyl (C=O) groups is 1. The second kappa shape index (κ2) is 9.56. The van der Waals surface area contributed by atoms with Gasteiger partial charge in [-0.1, -0.05) is 29.5 Å². The maximum atomic E-state index is 13.6. The molecule has 1 aliphatic heterocycles. The van der Waals surface area contributed by atoms with Crippen molar-refractivity contribution < 1.29 is 23.7 Å². The van der Waals surface area contributed by atoms with Crippen LogP contribution in [0.5, 0.6) is 17.2 Å². The first-order valence-electron chi connectivity index (χ1n) is 10.4. The predicted molar refractivity (Wildman–Crippen MR) is 128 cm³/mol. The number of nitrogens with zero attached hydrogens (tertiary/aromatic N) is 2. The number of hydrogen-bond acceptors (Lipinski definition) is 8. The molecule has 1 aliphatic rings. The van der Waals surface area contributed by atoms with Crippen LogP contribution >= 0.6 is 11.3 Å². The number of rotatable bonds is 6. The minimum absolute atomic E-state index is 0.264. The number of benzene rings is 2. The largest absolute Gasteiger partial charge is 0.497 e. The van der Waals surface area contributed by atoms with E-state index in [1.807, 2.05) is 24.3 Å². The van der Waals surface area contributed by atoms with Crippen molar-refractivity contribution in [1.29, 1.82) is 0 Å². The number of aromatic nitrogens is 1. The van der Waals surface area contributed by atoms with Crippen LogP contribution in [-0.2, 0) is 9.53 Å². The van der Waals surface area contributed by atoms with E-state index in [9.17, 15) is 9.59 Å². The Morgan fingerprint density at radius 1 is 1.03 bits per heavy atom. The summed E-state index contributed by atoms with van der Waals surface area (Å²) < 4.78 is 23.2. The lowest BCUT2D eigenvalue weighted by Crippen LogP contribution is -2.39. The van der Waals surface area contributed by atoms with Gasteiger partial charge < -0.3 is 18.9 Å². The summed E-state index contributed by atoms with van der Waals surface area (Å²) in [5, 5.41) is 0. The first-order valence-corrected chi connectivity index (χ1v) is 11.2. The molecule has 3 aromatic rings. The third kappa shape index (κ3) is 4.10. The fourth-order valence-electron chi connectivity index (χ4n) is 3.91. The van der Waals surface area contributed by atoms with Crippen molar-refractivity contribution >= 4 is 23.4 Å². The zero-order valence-corrected chi connectivity index (χ0v) is 20.3. The van der Waals surface area contributed by atoms with Crippen molar-refractivity contribution in [3.05, 3.63) is 84.5 Å². The van der Waals surface area contributed by atoms with Crippen LogP contribution < -0.4 is 29.1 Å². The van der Waals surface area contributed by atoms with Gasteiger partial charge in [0.25, 0.3) is 5.56 Å². The van der Waals surface area contributed by atoms with Crippen LogP contribution in [0.3, 0.4) is 0 Å². The van der Waals surface area contributed by atoms with Gasteiger partial charge in [-0.15, -0.1) is 0 Å². The van der Waals surface area contributed by atoms with E-state index < -0.39 is 12.0 Å². The molecule has 0 fully saturated rings. The maximum Gasteiger partial charge on any atom is 0.338 e. The smallest absolute Gasteiger partial charge is 0.338 e. The number of carbonyl (C=O) groups excluding carboxylic acids is 1. The van der Waals surface area contributed by atoms with Gasteiger partial charge in [-0.3, -0.25) is 9.36 Å². The summed E-state index contributed by atoms with van der Waals surface area (Å²) in [5.74, 6) is 1.16. The van der Waals surface area contributed by atoms with Gasteiger partial charge in [0.1, 0.15) is 5.75 Å². The van der Waals surface area contributed by atoms with Gasteiger partial charge in [-0.25, -0.2) is 9.79 Å². The molecule has 4 rings (SSSR count). The van der Waals surface area contributed by atoms with Crippen molar-refractivity contribution in [2.75, 3.05) is 28.4 Å². The molecule has 0 aliphatic carbocycles. The van der Waals surface area contributed by atoms with Crippen LogP contribution in [0.4, 0.5) is 0 Å². The lowest BCUT2D eigenvalue weighted by atomic mass is 9.95. The van der Waals surface area contributed by atoms with Gasteiger partial charge in [-0.2, -0.15) is 0 Å². The SMILES string of the molecule is COC(=O)C1=C(C)N=c2sc(=Cc3cccc(OC)c3)c(=O)n2C1c1ccc(OC)c(OC)c1. The molecule has 0 bridgehead atoms. The second-order valence-corrected chi connectivity index (χ2v) is 8.47. The Morgan fingerprint density at radius 2 is 1.79 bits per heavy atom. The van der Waals surface area contributed by atoms with Crippen LogP contribution in [0.1, 0.15) is 24.1 Å². The molecule has 1 aromatic heterocycles. The normalized spacial score (nSPS) is 15.4. The standard InChI is InChI=1S/C25H24N2O6S/c1-14-21(24(29)33-5)22(16-9-10-18(31-3)19(13-16)32-4)27-23(28)20(34-25(27)26-14)12-15-7-6-8-17(11-15)30-2/h6-13,22H,1-5H3. The summed E-state index contributed by atoms with van der Waals surface area (Å²) in [5.41, 5.74) is 1.99. The molecular weight excluding hydrogens is 456 g/mol. The lowest BCUT2D eigenvalue weighted by Gasteiger charge is -2.25. The van der Waals surface area contributed by atoms with Crippen LogP contribution in [0, 0.1) is 0 Å². The molecule has 9 heteroatoms. The fraction of sp³-hybridized carbons (Fsp3) is 0.240. The number of thiazole rings is 1. The fourth-order valence-corrected chi connectivity index (χ4v) is 4.96. The summed E-state index contributed by atoms with van der Waals surface area (Å²) in [7, 11) is 5.97. The molecule has 1 atom stereocenters. The minimum Gasteiger partial charge on any atom is -0.497 e. The van der Waals surface area contributed by atoms with E-state index in [2.05, 4.69) is 4.99 Å². The third-order valence-electron chi connectivity index (χ3n) is 5.54. The van der Waals surface area contributed by atoms with E-state index in [1.165, 1.54) is 30.1 Å². The summed E-state index contributed by atoms with van der Waals surface area (Å²) in [6, 6.07) is 12.0. The van der Waals surface area contributed by atoms with Crippen LogP contribution in [0.15, 0.2) is 63.5 Å². The van der Waals surface area contributed by atoms with E-state index in [0.717, 1.165) is 5.56 Å². The van der Waals surface area contributed by atoms with Crippen molar-refractivity contribution in [3.8, 4) is 17.2 Å². The number of methoxy groups -OCH3 is 4. The summed E-state index contributed by atoms with van der Waals surface area (Å²) in [4.78, 5) is 31.5. The highest BCUT2D eigenvalue weighted by molar-refractivity contribution is 7.07. The summed E-state index contributed by atoms with van der Waals surface area (Å²) in [6.45, 7) is 1.74. The topological polar surface area (TPSA) is 88.4 Å². The Labute approximate surface area is 200 Å². The lowest BCUT2D eigenvalue weighted by molar-refractivity contribution is -0.136. The molecule has 0 amide bonds. The quantitative estimate of drug-likeness (QED) is 0.504. The Hall–Kier alpha value is -3.85. The Bertz CT molecular complexity index is 1470. The van der Waals surface area contributed by atoms with E-state index in [1.54, 1.807) is 45.4 Å². The highest BCUT2D eigenvalue weighted by Crippen LogP contribution is 2.35. The molecule has 8 nitrogen and oxygen atoms in total. The highest BCUT2D eigenvalue weighted by atomic mass is 32.1. The van der Waals surface area contributed by atoms with Gasteiger partial charge >= 0.3 is 5.97 Å². The van der Waals surface area contributed by atoms with Gasteiger partial charge in [0, 0.05) is 0 Å². The number of allylic oxidation sites excluding steroid dienone is 1. The van der Waals surface area contributed by atoms with Crippen LogP contribution in [0.25, 0.3) is 6.08 Å². The zero-order chi connectivity index (χ0) is 24.4. The molecule has 176 valence electrons. The first kappa shape index (κ1) is 23.3. The van der Waals surface area contributed by atoms with Gasteiger partial charge in [0.2, 0.25) is 0 Å². The van der Waals surface area contributed by atoms with E-state index in [4.69, 9.17) is 18.9 Å². The van der Waals surface area contributed by atoms with Gasteiger partial charge in [0.05, 0.1) is 50.3 Å². The van der Waals surface area contributed by atoms with Gasteiger partial charge in [-0.05, 0) is 48.4 Å². The molecule has 2 aromatic carbocycles. The summed E-state index contributed by atoms with van der Waals surface area (Å²) in [6.07, 6.45) is 1.79. The third-order valence-corrected chi connectivity index (χ3v) is 6.52. The molecule has 0 saturated carbocycles. The predicted octanol–water partition coefficient (Wildman–Crippen LogP) is 2.43. The second-order valence-electron chi connectivity index (χ2n) is 7.46. The number of fused-ring (bicyclic) bond motifs is 1. The average Bonchev–Trinajstić information content (AvgIpc) is 3.16. The van der Waals surface area contributed by atoms with Crippen molar-refractivity contribution in [2.24, 2.45) is 4.99 Å². The molecule has 34 heavy (non-hydrogen) atoms. The van der Waals surface area contributed by atoms with Crippen molar-refractivity contribution in [1.82, 2.24) is 4.57 Å². The monoisotopic (exact) mass is 480 g/mol. The number of hydrogen-bond donors (Lipinski definition) is 0. The molecule has 0 spiro atoms. The van der Waals surface area contributed by atoms with Gasteiger partial charge in [0.15, 0.2) is 16.3 Å². The first-order chi connectivity index (χ1) is 16.4. The molecule has 0 saturated heterocycles. The van der Waals surface area contributed by atoms with E-state index >= 15 is 0 Å². The van der Waals surface area contributed by atoms with Crippen molar-refractivity contribution in [3.63, 3.8) is 0 Å². The van der Waals surface area contributed by atoms with Crippen molar-refractivity contribution in [2.45, 2.75) is 13.0 Å². The zero-order valence-electron chi connectivity index (χ0n) is 19.4. The van der Waals surface area contributed by atoms with Crippen LogP contribution in [0.2, 0.25) is 0 Å². The minimum atomic E-state index is -0.740. The molecule has 2 heterocycles. The van der Waals surface area contributed by atoms with E-state index in [0.29, 0.717) is 37.8 Å².